The lowest BCUT2D eigenvalue weighted by molar-refractivity contribution is 0.0946. The van der Waals surface area contributed by atoms with Gasteiger partial charge in [-0.1, -0.05) is 71.7 Å². The summed E-state index contributed by atoms with van der Waals surface area (Å²) in [5, 5.41) is 3.38. The van der Waals surface area contributed by atoms with E-state index in [9.17, 15) is 4.79 Å². The Labute approximate surface area is 175 Å². The van der Waals surface area contributed by atoms with E-state index < -0.39 is 0 Å². The van der Waals surface area contributed by atoms with Crippen LogP contribution in [-0.4, -0.2) is 29.9 Å². The molecule has 28 heavy (non-hydrogen) atoms. The minimum atomic E-state index is -0.358. The summed E-state index contributed by atoms with van der Waals surface area (Å²) in [6, 6.07) is 19.6. The molecule has 1 amide bonds. The van der Waals surface area contributed by atoms with Gasteiger partial charge in [-0.2, -0.15) is 0 Å². The van der Waals surface area contributed by atoms with Crippen molar-refractivity contribution in [1.82, 2.24) is 15.2 Å². The average Bonchev–Trinajstić information content (AvgIpc) is 2.68. The van der Waals surface area contributed by atoms with Crippen molar-refractivity contribution in [2.24, 2.45) is 0 Å². The largest absolute Gasteiger partial charge is 0.347 e. The number of hydrogen-bond donors (Lipinski definition) is 1. The Balaban J connectivity index is 1.77. The van der Waals surface area contributed by atoms with Gasteiger partial charge in [0, 0.05) is 13.1 Å². The lowest BCUT2D eigenvalue weighted by atomic mass is 9.98. The van der Waals surface area contributed by atoms with Crippen molar-refractivity contribution >= 4 is 29.1 Å². The van der Waals surface area contributed by atoms with Gasteiger partial charge in [-0.05, 0) is 48.5 Å². The fourth-order valence-electron chi connectivity index (χ4n) is 2.95. The quantitative estimate of drug-likeness (QED) is 0.575. The van der Waals surface area contributed by atoms with E-state index in [4.69, 9.17) is 23.2 Å². The van der Waals surface area contributed by atoms with Gasteiger partial charge in [-0.3, -0.25) is 4.79 Å². The third-order valence-corrected chi connectivity index (χ3v) is 4.76. The number of pyridine rings is 1. The second-order valence-electron chi connectivity index (χ2n) is 6.74. The molecule has 0 aliphatic carbocycles. The number of hydrogen-bond acceptors (Lipinski definition) is 3. The van der Waals surface area contributed by atoms with Gasteiger partial charge in [0.25, 0.3) is 5.91 Å². The van der Waals surface area contributed by atoms with Crippen LogP contribution in [0.1, 0.15) is 21.6 Å². The Morgan fingerprint density at radius 3 is 2.43 bits per heavy atom. The van der Waals surface area contributed by atoms with Gasteiger partial charge in [-0.15, -0.1) is 0 Å². The number of benzene rings is 2. The zero-order valence-corrected chi connectivity index (χ0v) is 17.3. The molecule has 0 saturated heterocycles. The Bertz CT molecular complexity index is 972. The molecule has 0 atom stereocenters. The molecule has 0 saturated carbocycles. The smallest absolute Gasteiger partial charge is 0.271 e. The number of rotatable bonds is 6. The van der Waals surface area contributed by atoms with Crippen LogP contribution in [0.3, 0.4) is 0 Å². The first-order valence-electron chi connectivity index (χ1n) is 8.86. The third-order valence-electron chi connectivity index (χ3n) is 4.25. The van der Waals surface area contributed by atoms with Crippen LogP contribution in [0.25, 0.3) is 11.1 Å². The van der Waals surface area contributed by atoms with Crippen LogP contribution in [0.5, 0.6) is 0 Å². The molecule has 4 nitrogen and oxygen atoms in total. The molecule has 0 radical (unpaired) electrons. The van der Waals surface area contributed by atoms with Gasteiger partial charge in [0.15, 0.2) is 0 Å². The van der Waals surface area contributed by atoms with Crippen LogP contribution >= 0.6 is 23.2 Å². The maximum Gasteiger partial charge on any atom is 0.271 e. The van der Waals surface area contributed by atoms with Crippen molar-refractivity contribution in [2.45, 2.75) is 13.1 Å². The molecule has 3 rings (SSSR count). The molecule has 2 aromatic carbocycles. The molecule has 0 aliphatic heterocycles. The summed E-state index contributed by atoms with van der Waals surface area (Å²) in [7, 11) is 4.10. The predicted molar refractivity (Wildman–Crippen MR) is 115 cm³/mol. The lowest BCUT2D eigenvalue weighted by Crippen LogP contribution is -2.24. The van der Waals surface area contributed by atoms with Crippen LogP contribution in [-0.2, 0) is 13.1 Å². The van der Waals surface area contributed by atoms with E-state index >= 15 is 0 Å². The molecule has 6 heteroatoms. The first-order valence-corrected chi connectivity index (χ1v) is 9.62. The highest BCUT2D eigenvalue weighted by Crippen LogP contribution is 2.25. The maximum absolute atomic E-state index is 12.5. The van der Waals surface area contributed by atoms with E-state index in [1.807, 2.05) is 38.4 Å². The Morgan fingerprint density at radius 1 is 1.00 bits per heavy atom. The molecule has 0 bridgehead atoms. The molecule has 1 N–H and O–H groups in total. The Kier molecular flexibility index (Phi) is 6.68. The number of nitrogens with zero attached hydrogens (tertiary/aromatic N) is 2. The minimum absolute atomic E-state index is 0.125. The van der Waals surface area contributed by atoms with E-state index in [0.29, 0.717) is 6.54 Å². The fraction of sp³-hybridized carbons (Fsp3) is 0.182. The summed E-state index contributed by atoms with van der Waals surface area (Å²) in [5.41, 5.74) is 4.56. The highest BCUT2D eigenvalue weighted by molar-refractivity contribution is 6.34. The SMILES string of the molecule is CN(C)Cc1ccc(-c2ccccc2CNC(=O)c2nc(Cl)ccc2Cl)cc1. The Morgan fingerprint density at radius 2 is 1.71 bits per heavy atom. The normalized spacial score (nSPS) is 10.9. The van der Waals surface area contributed by atoms with Crippen molar-refractivity contribution in [1.29, 1.82) is 0 Å². The number of carbonyl (C=O) groups is 1. The summed E-state index contributed by atoms with van der Waals surface area (Å²) in [6.45, 7) is 1.25. The van der Waals surface area contributed by atoms with Gasteiger partial charge < -0.3 is 10.2 Å². The van der Waals surface area contributed by atoms with Crippen LogP contribution < -0.4 is 5.32 Å². The number of halogens is 2. The number of nitrogens with one attached hydrogen (secondary N) is 1. The molecular formula is C22H21Cl2N3O. The van der Waals surface area contributed by atoms with Crippen molar-refractivity contribution in [3.05, 3.63) is 87.7 Å². The third kappa shape index (κ3) is 5.10. The van der Waals surface area contributed by atoms with Gasteiger partial charge >= 0.3 is 0 Å². The molecule has 0 aliphatic rings. The highest BCUT2D eigenvalue weighted by Gasteiger charge is 2.14. The highest BCUT2D eigenvalue weighted by atomic mass is 35.5. The molecule has 3 aromatic rings. The van der Waals surface area contributed by atoms with E-state index in [0.717, 1.165) is 23.2 Å². The molecular weight excluding hydrogens is 393 g/mol. The number of aromatic nitrogens is 1. The van der Waals surface area contributed by atoms with Gasteiger partial charge in [0.1, 0.15) is 10.8 Å². The van der Waals surface area contributed by atoms with E-state index in [1.54, 1.807) is 12.1 Å². The molecule has 1 aromatic heterocycles. The minimum Gasteiger partial charge on any atom is -0.347 e. The fourth-order valence-corrected chi connectivity index (χ4v) is 3.29. The summed E-state index contributed by atoms with van der Waals surface area (Å²) in [4.78, 5) is 18.6. The molecule has 0 fully saturated rings. The van der Waals surface area contributed by atoms with E-state index in [1.165, 1.54) is 5.56 Å². The van der Waals surface area contributed by atoms with Crippen molar-refractivity contribution < 1.29 is 4.79 Å². The van der Waals surface area contributed by atoms with Crippen LogP contribution in [0.4, 0.5) is 0 Å². The molecule has 1 heterocycles. The van der Waals surface area contributed by atoms with Gasteiger partial charge in [-0.25, -0.2) is 4.98 Å². The summed E-state index contributed by atoms with van der Waals surface area (Å²) in [6.07, 6.45) is 0. The first-order chi connectivity index (χ1) is 13.4. The summed E-state index contributed by atoms with van der Waals surface area (Å²) in [5.74, 6) is -0.358. The topological polar surface area (TPSA) is 45.2 Å². The number of carbonyl (C=O) groups excluding carboxylic acids is 1. The monoisotopic (exact) mass is 413 g/mol. The molecule has 0 spiro atoms. The summed E-state index contributed by atoms with van der Waals surface area (Å²) >= 11 is 11.9. The second kappa shape index (κ2) is 9.20. The van der Waals surface area contributed by atoms with Crippen LogP contribution in [0.2, 0.25) is 10.2 Å². The van der Waals surface area contributed by atoms with Crippen molar-refractivity contribution in [2.75, 3.05) is 14.1 Å². The van der Waals surface area contributed by atoms with Crippen molar-refractivity contribution in [3.8, 4) is 11.1 Å². The first kappa shape index (κ1) is 20.3. The molecule has 144 valence electrons. The van der Waals surface area contributed by atoms with E-state index in [2.05, 4.69) is 39.5 Å². The second-order valence-corrected chi connectivity index (χ2v) is 7.53. The lowest BCUT2D eigenvalue weighted by Gasteiger charge is -2.13. The number of amides is 1. The Hall–Kier alpha value is -2.40. The van der Waals surface area contributed by atoms with Crippen molar-refractivity contribution in [3.63, 3.8) is 0 Å². The zero-order valence-electron chi connectivity index (χ0n) is 15.7. The van der Waals surface area contributed by atoms with E-state index in [-0.39, 0.29) is 21.8 Å². The standard InChI is InChI=1S/C22H21Cl2N3O/c1-27(2)14-15-7-9-16(10-8-15)18-6-4-3-5-17(18)13-25-22(28)21-19(23)11-12-20(24)26-21/h3-12H,13-14H2,1-2H3,(H,25,28). The van der Waals surface area contributed by atoms with Crippen LogP contribution in [0, 0.1) is 0 Å². The van der Waals surface area contributed by atoms with Crippen LogP contribution in [0.15, 0.2) is 60.7 Å². The van der Waals surface area contributed by atoms with Gasteiger partial charge in [0.2, 0.25) is 0 Å². The predicted octanol–water partition coefficient (Wildman–Crippen LogP) is 5.05. The zero-order chi connectivity index (χ0) is 20.1. The average molecular weight is 414 g/mol. The summed E-state index contributed by atoms with van der Waals surface area (Å²) < 4.78 is 0. The molecule has 0 unspecified atom stereocenters. The maximum atomic E-state index is 12.5. The van der Waals surface area contributed by atoms with Gasteiger partial charge in [0.05, 0.1) is 5.02 Å².